The molecule has 2 aromatic rings. The minimum absolute atomic E-state index is 0.000567. The molecule has 1 aromatic heterocycles. The number of allylic oxidation sites excluding steroid dienone is 1. The summed E-state index contributed by atoms with van der Waals surface area (Å²) in [6.45, 7) is 4.57. The highest BCUT2D eigenvalue weighted by molar-refractivity contribution is 6.05. The van der Waals surface area contributed by atoms with E-state index in [2.05, 4.69) is 15.3 Å². The number of hydrogen-bond donors (Lipinski definition) is 2. The number of fused-ring (bicyclic) bond motifs is 2. The van der Waals surface area contributed by atoms with Gasteiger partial charge in [0.25, 0.3) is 11.7 Å². The monoisotopic (exact) mass is 564 g/mol. The van der Waals surface area contributed by atoms with Crippen molar-refractivity contribution in [3.8, 4) is 0 Å². The van der Waals surface area contributed by atoms with Crippen LogP contribution in [0.5, 0.6) is 0 Å². The summed E-state index contributed by atoms with van der Waals surface area (Å²) >= 11 is 0. The zero-order valence-electron chi connectivity index (χ0n) is 22.5. The van der Waals surface area contributed by atoms with E-state index >= 15 is 0 Å². The maximum absolute atomic E-state index is 13.0. The molecule has 2 fully saturated rings. The lowest BCUT2D eigenvalue weighted by Gasteiger charge is -2.35. The zero-order valence-corrected chi connectivity index (χ0v) is 22.5. The highest BCUT2D eigenvalue weighted by atomic mass is 19.4. The molecule has 3 N–H and O–H groups in total. The predicted octanol–water partition coefficient (Wildman–Crippen LogP) is 4.61. The first-order chi connectivity index (χ1) is 19.4. The van der Waals surface area contributed by atoms with Crippen molar-refractivity contribution in [1.29, 1.82) is 0 Å². The van der Waals surface area contributed by atoms with Crippen LogP contribution < -0.4 is 11.2 Å². The molecule has 2 saturated heterocycles. The highest BCUT2D eigenvalue weighted by Crippen LogP contribution is 2.44. The van der Waals surface area contributed by atoms with Gasteiger partial charge in [-0.25, -0.2) is 4.98 Å². The molecule has 2 amide bonds. The lowest BCUT2D eigenvalue weighted by molar-refractivity contribution is -0.750. The molecule has 9 nitrogen and oxygen atoms in total. The Hall–Kier alpha value is -4.16. The minimum atomic E-state index is -4.55. The largest absolute Gasteiger partial charge is 0.416 e. The predicted molar refractivity (Wildman–Crippen MR) is 146 cm³/mol. The summed E-state index contributed by atoms with van der Waals surface area (Å²) in [4.78, 5) is 40.9. The fraction of sp³-hybridized carbons (Fsp3) is 0.345. The Balaban J connectivity index is 1.24. The molecule has 0 radical (unpaired) electrons. The number of alkyl halides is 3. The third-order valence-corrected chi connectivity index (χ3v) is 8.24. The van der Waals surface area contributed by atoms with E-state index in [0.717, 1.165) is 49.0 Å². The van der Waals surface area contributed by atoms with Crippen molar-refractivity contribution >= 4 is 29.7 Å². The second-order valence-corrected chi connectivity index (χ2v) is 11.5. The molecule has 0 saturated carbocycles. The lowest BCUT2D eigenvalue weighted by Crippen LogP contribution is -2.53. The summed E-state index contributed by atoms with van der Waals surface area (Å²) in [5.41, 5.74) is 1.15. The molecule has 0 spiro atoms. The highest BCUT2D eigenvalue weighted by Gasteiger charge is 2.51. The van der Waals surface area contributed by atoms with Crippen LogP contribution in [0.15, 0.2) is 76.4 Å². The van der Waals surface area contributed by atoms with Gasteiger partial charge < -0.3 is 10.2 Å². The van der Waals surface area contributed by atoms with Gasteiger partial charge >= 0.3 is 6.18 Å². The van der Waals surface area contributed by atoms with E-state index in [1.165, 1.54) is 0 Å². The van der Waals surface area contributed by atoms with Gasteiger partial charge in [0.1, 0.15) is 17.7 Å². The van der Waals surface area contributed by atoms with E-state index in [9.17, 15) is 22.8 Å². The molecule has 212 valence electrons. The van der Waals surface area contributed by atoms with E-state index in [1.807, 2.05) is 18.7 Å². The third-order valence-electron chi connectivity index (χ3n) is 8.24. The Kier molecular flexibility index (Phi) is 6.23. The fourth-order valence-corrected chi connectivity index (χ4v) is 6.12. The third kappa shape index (κ3) is 4.66. The normalized spacial score (nSPS) is 26.6. The van der Waals surface area contributed by atoms with Gasteiger partial charge in [0.15, 0.2) is 0 Å². The van der Waals surface area contributed by atoms with E-state index < -0.39 is 17.6 Å². The number of rotatable bonds is 4. The van der Waals surface area contributed by atoms with Crippen LogP contribution in [0.25, 0.3) is 0 Å². The number of nitrogens with two attached hydrogens (primary N) is 1. The number of aromatic nitrogens is 1. The summed E-state index contributed by atoms with van der Waals surface area (Å²) in [7, 11) is 0. The van der Waals surface area contributed by atoms with Crippen LogP contribution in [0, 0.1) is 11.3 Å². The quantitative estimate of drug-likeness (QED) is 0.417. The Morgan fingerprint density at radius 1 is 1.17 bits per heavy atom. The van der Waals surface area contributed by atoms with Gasteiger partial charge in [0, 0.05) is 35.7 Å². The minimum Gasteiger partial charge on any atom is -0.339 e. The number of nitrogens with zero attached hydrogens (tertiary/aromatic N) is 5. The van der Waals surface area contributed by atoms with Gasteiger partial charge in [0.05, 0.1) is 23.5 Å². The van der Waals surface area contributed by atoms with Crippen molar-refractivity contribution in [2.75, 3.05) is 11.9 Å². The molecule has 5 heterocycles. The van der Waals surface area contributed by atoms with Crippen molar-refractivity contribution in [3.05, 3.63) is 83.1 Å². The van der Waals surface area contributed by atoms with Crippen LogP contribution in [-0.4, -0.2) is 50.9 Å². The van der Waals surface area contributed by atoms with E-state index in [4.69, 9.17) is 10.8 Å². The number of anilines is 1. The number of benzene rings is 1. The number of carbonyl (C=O) groups excluding carboxylic acids is 2. The molecule has 41 heavy (non-hydrogen) atoms. The van der Waals surface area contributed by atoms with Crippen molar-refractivity contribution in [2.45, 2.75) is 45.3 Å². The van der Waals surface area contributed by atoms with E-state index in [-0.39, 0.29) is 39.3 Å². The fourth-order valence-electron chi connectivity index (χ4n) is 6.12. The first kappa shape index (κ1) is 27.0. The van der Waals surface area contributed by atoms with Gasteiger partial charge in [-0.3, -0.25) is 14.6 Å². The summed E-state index contributed by atoms with van der Waals surface area (Å²) in [5, 5.41) is 2.41. The van der Waals surface area contributed by atoms with Crippen LogP contribution in [0.3, 0.4) is 0 Å². The van der Waals surface area contributed by atoms with Crippen LogP contribution in [0.2, 0.25) is 0 Å². The lowest BCUT2D eigenvalue weighted by atomic mass is 9.86. The molecular formula is C29H29F3N7O2+. The molecule has 1 aromatic carbocycles. The molecule has 4 aliphatic heterocycles. The van der Waals surface area contributed by atoms with Gasteiger partial charge in [-0.1, -0.05) is 13.8 Å². The molecule has 12 heteroatoms. The number of amidine groups is 1. The van der Waals surface area contributed by atoms with E-state index in [1.54, 1.807) is 42.9 Å². The van der Waals surface area contributed by atoms with E-state index in [0.29, 0.717) is 17.9 Å². The van der Waals surface area contributed by atoms with Crippen LogP contribution >= 0.6 is 0 Å². The summed E-state index contributed by atoms with van der Waals surface area (Å²) in [6.07, 6.45) is 4.11. The number of nitrogens with one attached hydrogen (secondary N) is 1. The van der Waals surface area contributed by atoms with Crippen LogP contribution in [0.1, 0.15) is 54.6 Å². The number of quaternary nitrogens is 1. The zero-order chi connectivity index (χ0) is 29.2. The summed E-state index contributed by atoms with van der Waals surface area (Å²) in [6, 6.07) is 8.37. The first-order valence-electron chi connectivity index (χ1n) is 13.4. The van der Waals surface area contributed by atoms with Crippen molar-refractivity contribution in [2.24, 2.45) is 27.2 Å². The smallest absolute Gasteiger partial charge is 0.339 e. The number of carbonyl (C=O) groups is 2. The number of piperidine rings is 1. The Morgan fingerprint density at radius 3 is 2.66 bits per heavy atom. The molecule has 0 bridgehead atoms. The van der Waals surface area contributed by atoms with Crippen molar-refractivity contribution < 1.29 is 27.4 Å². The molecular weight excluding hydrogens is 535 g/mol. The molecule has 6 rings (SSSR count). The second kappa shape index (κ2) is 9.45. The maximum Gasteiger partial charge on any atom is 0.416 e. The number of aliphatic imine (C=N–C) groups is 2. The van der Waals surface area contributed by atoms with Crippen LogP contribution in [0.4, 0.5) is 19.0 Å². The molecule has 1 unspecified atom stereocenters. The van der Waals surface area contributed by atoms with Gasteiger partial charge in [-0.2, -0.15) is 24.0 Å². The number of hydrogen-bond acceptors (Lipinski definition) is 6. The van der Waals surface area contributed by atoms with Gasteiger partial charge in [-0.05, 0) is 55.7 Å². The first-order valence-corrected chi connectivity index (χ1v) is 13.4. The molecule has 3 atom stereocenters. The van der Waals surface area contributed by atoms with Crippen LogP contribution in [-0.2, 0) is 11.0 Å². The average molecular weight is 565 g/mol. The Morgan fingerprint density at radius 2 is 1.93 bits per heavy atom. The SMILES string of the molecule is CC1(C)C[C@@H]2CC[C@@H](C3=C4C=NC=C[N+]4(N)C(c4ccc(C(=O)Nc5cc(C(F)(F)F)ccn5)cc4)=N3)CN2C1=O. The van der Waals surface area contributed by atoms with Crippen molar-refractivity contribution in [3.63, 3.8) is 0 Å². The topological polar surface area (TPSA) is 113 Å². The number of amides is 2. The summed E-state index contributed by atoms with van der Waals surface area (Å²) in [5.74, 6) is 6.78. The number of pyridine rings is 1. The second-order valence-electron chi connectivity index (χ2n) is 11.5. The average Bonchev–Trinajstić information content (AvgIpc) is 3.37. The van der Waals surface area contributed by atoms with Crippen molar-refractivity contribution in [1.82, 2.24) is 9.88 Å². The summed E-state index contributed by atoms with van der Waals surface area (Å²) < 4.78 is 38.9. The Labute approximate surface area is 234 Å². The number of halogens is 3. The maximum atomic E-state index is 13.0. The molecule has 4 aliphatic rings. The van der Waals surface area contributed by atoms with Gasteiger partial charge in [0.2, 0.25) is 11.6 Å². The van der Waals surface area contributed by atoms with Gasteiger partial charge in [-0.15, -0.1) is 4.59 Å². The molecule has 0 aliphatic carbocycles. The standard InChI is InChI=1S/C29H28F3N7O2/c1-28(2)14-21-8-7-19(16-38(21)27(28)41)24-22-15-34-11-12-39(22,33)25(37-24)17-3-5-18(6-4-17)26(40)36-23-13-20(9-10-35-23)29(30,31)32/h3-6,9-13,15,19,21H,7-8,14,16,33H2,1-2H3/p+1/t19-,21+,39?/m1/s1. The Bertz CT molecular complexity index is 1560.